The molecule has 1 heterocycles. The quantitative estimate of drug-likeness (QED) is 0.721. The zero-order valence-electron chi connectivity index (χ0n) is 13.5. The van der Waals surface area contributed by atoms with Crippen LogP contribution in [0.1, 0.15) is 49.4 Å². The number of carbonyl (C=O) groups is 1. The summed E-state index contributed by atoms with van der Waals surface area (Å²) in [5, 5.41) is 0. The molecule has 1 fully saturated rings. The molecule has 1 saturated carbocycles. The van der Waals surface area contributed by atoms with Crippen molar-refractivity contribution < 1.29 is 9.53 Å². The maximum absolute atomic E-state index is 12.8. The highest BCUT2D eigenvalue weighted by molar-refractivity contribution is 5.94. The molecule has 0 aromatic carbocycles. The highest BCUT2D eigenvalue weighted by Gasteiger charge is 2.21. The summed E-state index contributed by atoms with van der Waals surface area (Å²) in [6, 6.07) is 3.48. The van der Waals surface area contributed by atoms with Gasteiger partial charge >= 0.3 is 0 Å². The van der Waals surface area contributed by atoms with E-state index in [2.05, 4.69) is 11.6 Å². The van der Waals surface area contributed by atoms with Gasteiger partial charge in [-0.15, -0.1) is 6.58 Å². The first kappa shape index (κ1) is 16.5. The van der Waals surface area contributed by atoms with Gasteiger partial charge in [0.2, 0.25) is 5.88 Å². The van der Waals surface area contributed by atoms with Crippen molar-refractivity contribution >= 4 is 5.91 Å². The number of rotatable bonds is 7. The number of pyridine rings is 1. The summed E-state index contributed by atoms with van der Waals surface area (Å²) in [4.78, 5) is 18.8. The third-order valence-electron chi connectivity index (χ3n) is 4.11. The van der Waals surface area contributed by atoms with Gasteiger partial charge in [-0.3, -0.25) is 4.79 Å². The minimum Gasteiger partial charge on any atom is -0.478 e. The van der Waals surface area contributed by atoms with Crippen LogP contribution < -0.4 is 4.74 Å². The van der Waals surface area contributed by atoms with E-state index in [0.29, 0.717) is 30.5 Å². The highest BCUT2D eigenvalue weighted by Crippen LogP contribution is 2.25. The molecule has 0 bridgehead atoms. The Labute approximate surface area is 133 Å². The van der Waals surface area contributed by atoms with E-state index >= 15 is 0 Å². The van der Waals surface area contributed by atoms with E-state index < -0.39 is 0 Å². The van der Waals surface area contributed by atoms with Gasteiger partial charge in [0, 0.05) is 30.9 Å². The number of carbonyl (C=O) groups excluding carboxylic acids is 1. The molecule has 1 aromatic rings. The minimum absolute atomic E-state index is 0.0360. The van der Waals surface area contributed by atoms with Gasteiger partial charge in [0.25, 0.3) is 5.91 Å². The lowest BCUT2D eigenvalue weighted by molar-refractivity contribution is 0.0735. The van der Waals surface area contributed by atoms with Crippen molar-refractivity contribution in [1.82, 2.24) is 9.88 Å². The molecule has 0 atom stereocenters. The number of aromatic nitrogens is 1. The monoisotopic (exact) mass is 302 g/mol. The van der Waals surface area contributed by atoms with E-state index in [0.717, 1.165) is 6.54 Å². The van der Waals surface area contributed by atoms with E-state index in [1.807, 2.05) is 11.8 Å². The Morgan fingerprint density at radius 2 is 2.23 bits per heavy atom. The van der Waals surface area contributed by atoms with Crippen LogP contribution >= 0.6 is 0 Å². The average molecular weight is 302 g/mol. The molecule has 120 valence electrons. The van der Waals surface area contributed by atoms with Crippen molar-refractivity contribution in [2.24, 2.45) is 5.92 Å². The molecular formula is C18H26N2O2. The lowest BCUT2D eigenvalue weighted by Crippen LogP contribution is -2.36. The fourth-order valence-electron chi connectivity index (χ4n) is 3.03. The number of hydrogen-bond acceptors (Lipinski definition) is 3. The lowest BCUT2D eigenvalue weighted by Gasteiger charge is -2.29. The Balaban J connectivity index is 2.07. The SMILES string of the molecule is C=CCN(CC1CCCCC1)C(=O)c1ccnc(OCC)c1. The molecule has 0 radical (unpaired) electrons. The first-order valence-corrected chi connectivity index (χ1v) is 8.23. The molecule has 1 aliphatic rings. The molecule has 0 aliphatic heterocycles. The molecule has 4 nitrogen and oxygen atoms in total. The topological polar surface area (TPSA) is 42.4 Å². The number of ether oxygens (including phenoxy) is 1. The van der Waals surface area contributed by atoms with E-state index in [4.69, 9.17) is 4.74 Å². The van der Waals surface area contributed by atoms with Gasteiger partial charge in [0.1, 0.15) is 0 Å². The van der Waals surface area contributed by atoms with Gasteiger partial charge in [-0.05, 0) is 31.7 Å². The van der Waals surface area contributed by atoms with E-state index in [1.165, 1.54) is 32.1 Å². The number of amides is 1. The summed E-state index contributed by atoms with van der Waals surface area (Å²) < 4.78 is 5.38. The van der Waals surface area contributed by atoms with E-state index in [9.17, 15) is 4.79 Å². The van der Waals surface area contributed by atoms with Crippen LogP contribution in [0, 0.1) is 5.92 Å². The highest BCUT2D eigenvalue weighted by atomic mass is 16.5. The Bertz CT molecular complexity index is 496. The third kappa shape index (κ3) is 4.58. The first-order chi connectivity index (χ1) is 10.7. The van der Waals surface area contributed by atoms with Crippen LogP contribution in [0.5, 0.6) is 5.88 Å². The van der Waals surface area contributed by atoms with E-state index in [1.54, 1.807) is 24.4 Å². The Morgan fingerprint density at radius 1 is 1.45 bits per heavy atom. The van der Waals surface area contributed by atoms with Crippen molar-refractivity contribution in [2.45, 2.75) is 39.0 Å². The zero-order chi connectivity index (χ0) is 15.8. The molecule has 0 spiro atoms. The molecule has 22 heavy (non-hydrogen) atoms. The van der Waals surface area contributed by atoms with Gasteiger partial charge in [0.05, 0.1) is 6.61 Å². The maximum Gasteiger partial charge on any atom is 0.254 e. The second-order valence-corrected chi connectivity index (χ2v) is 5.82. The summed E-state index contributed by atoms with van der Waals surface area (Å²) in [5.41, 5.74) is 0.635. The van der Waals surface area contributed by atoms with Crippen LogP contribution in [-0.2, 0) is 0 Å². The summed E-state index contributed by atoms with van der Waals surface area (Å²) >= 11 is 0. The molecule has 1 aliphatic carbocycles. The van der Waals surface area contributed by atoms with Crippen LogP contribution in [0.4, 0.5) is 0 Å². The van der Waals surface area contributed by atoms with Crippen molar-refractivity contribution in [3.63, 3.8) is 0 Å². The summed E-state index contributed by atoms with van der Waals surface area (Å²) in [6.07, 6.45) is 9.77. The van der Waals surface area contributed by atoms with E-state index in [-0.39, 0.29) is 5.91 Å². The predicted octanol–water partition coefficient (Wildman–Crippen LogP) is 3.69. The standard InChI is InChI=1S/C18H26N2O2/c1-3-12-20(14-15-8-6-5-7-9-15)18(21)16-10-11-19-17(13-16)22-4-2/h3,10-11,13,15H,1,4-9,12,14H2,2H3. The molecule has 0 saturated heterocycles. The fourth-order valence-corrected chi connectivity index (χ4v) is 3.03. The van der Waals surface area contributed by atoms with Gasteiger partial charge in [-0.25, -0.2) is 4.98 Å². The molecule has 0 N–H and O–H groups in total. The smallest absolute Gasteiger partial charge is 0.254 e. The summed E-state index contributed by atoms with van der Waals surface area (Å²) in [7, 11) is 0. The van der Waals surface area contributed by atoms with Crippen molar-refractivity contribution in [1.29, 1.82) is 0 Å². The van der Waals surface area contributed by atoms with Gasteiger partial charge in [-0.1, -0.05) is 25.3 Å². The van der Waals surface area contributed by atoms with Gasteiger partial charge in [0.15, 0.2) is 0 Å². The average Bonchev–Trinajstić information content (AvgIpc) is 2.55. The van der Waals surface area contributed by atoms with Crippen molar-refractivity contribution in [2.75, 3.05) is 19.7 Å². The van der Waals surface area contributed by atoms with Gasteiger partial charge in [-0.2, -0.15) is 0 Å². The van der Waals surface area contributed by atoms with Crippen LogP contribution in [0.25, 0.3) is 0 Å². The number of hydrogen-bond donors (Lipinski definition) is 0. The van der Waals surface area contributed by atoms with Crippen LogP contribution in [0.2, 0.25) is 0 Å². The first-order valence-electron chi connectivity index (χ1n) is 8.23. The second-order valence-electron chi connectivity index (χ2n) is 5.82. The molecule has 1 aromatic heterocycles. The molecule has 1 amide bonds. The minimum atomic E-state index is 0.0360. The molecule has 4 heteroatoms. The lowest BCUT2D eigenvalue weighted by atomic mass is 9.89. The molecular weight excluding hydrogens is 276 g/mol. The van der Waals surface area contributed by atoms with Crippen LogP contribution in [0.3, 0.4) is 0 Å². The van der Waals surface area contributed by atoms with Crippen LogP contribution in [0.15, 0.2) is 31.0 Å². The predicted molar refractivity (Wildman–Crippen MR) is 88.1 cm³/mol. The summed E-state index contributed by atoms with van der Waals surface area (Å²) in [6.45, 7) is 7.64. The Hall–Kier alpha value is -1.84. The summed E-state index contributed by atoms with van der Waals surface area (Å²) in [5.74, 6) is 1.16. The fraction of sp³-hybridized carbons (Fsp3) is 0.556. The maximum atomic E-state index is 12.8. The zero-order valence-corrected chi connectivity index (χ0v) is 13.5. The Kier molecular flexibility index (Phi) is 6.44. The third-order valence-corrected chi connectivity index (χ3v) is 4.11. The molecule has 0 unspecified atom stereocenters. The largest absolute Gasteiger partial charge is 0.478 e. The normalized spacial score (nSPS) is 15.3. The van der Waals surface area contributed by atoms with Gasteiger partial charge < -0.3 is 9.64 Å². The second kappa shape index (κ2) is 8.57. The van der Waals surface area contributed by atoms with Crippen molar-refractivity contribution in [3.8, 4) is 5.88 Å². The Morgan fingerprint density at radius 3 is 2.91 bits per heavy atom. The van der Waals surface area contributed by atoms with Crippen molar-refractivity contribution in [3.05, 3.63) is 36.5 Å². The van der Waals surface area contributed by atoms with Crippen LogP contribution in [-0.4, -0.2) is 35.5 Å². The molecule has 2 rings (SSSR count). The number of nitrogens with zero attached hydrogens (tertiary/aromatic N) is 2.